The van der Waals surface area contributed by atoms with Gasteiger partial charge in [-0.15, -0.1) is 12.4 Å². The van der Waals surface area contributed by atoms with Crippen LogP contribution in [0.4, 0.5) is 5.69 Å². The molecule has 1 atom stereocenters. The van der Waals surface area contributed by atoms with Gasteiger partial charge in [0.1, 0.15) is 0 Å². The van der Waals surface area contributed by atoms with Gasteiger partial charge in [0.15, 0.2) is 11.5 Å². The van der Waals surface area contributed by atoms with E-state index < -0.39 is 0 Å². The number of aryl methyl sites for hydroxylation is 1. The number of carbonyl (C=O) groups excluding carboxylic acids is 2. The predicted octanol–water partition coefficient (Wildman–Crippen LogP) is 5.25. The number of imide groups is 1. The van der Waals surface area contributed by atoms with Crippen molar-refractivity contribution in [3.05, 3.63) is 59.3 Å². The van der Waals surface area contributed by atoms with Gasteiger partial charge in [0, 0.05) is 24.8 Å². The number of hydrogen-bond donors (Lipinski definition) is 1. The topological polar surface area (TPSA) is 80.8 Å². The van der Waals surface area contributed by atoms with Gasteiger partial charge in [0.25, 0.3) is 11.8 Å². The van der Waals surface area contributed by atoms with Gasteiger partial charge in [0.05, 0.1) is 41.9 Å². The lowest BCUT2D eigenvalue weighted by Gasteiger charge is -2.22. The average molecular weight is 484 g/mol. The van der Waals surface area contributed by atoms with Crippen molar-refractivity contribution < 1.29 is 19.1 Å². The number of pyridine rings is 1. The number of methoxy groups -OCH3 is 2. The lowest BCUT2D eigenvalue weighted by atomic mass is 10.0. The quantitative estimate of drug-likeness (QED) is 0.419. The number of anilines is 1. The summed E-state index contributed by atoms with van der Waals surface area (Å²) < 4.78 is 11.2. The number of nitrogens with one attached hydrogen (secondary N) is 1. The van der Waals surface area contributed by atoms with Gasteiger partial charge in [-0.3, -0.25) is 19.5 Å². The van der Waals surface area contributed by atoms with E-state index in [1.165, 1.54) is 4.90 Å². The highest BCUT2D eigenvalue weighted by atomic mass is 35.5. The van der Waals surface area contributed by atoms with Crippen molar-refractivity contribution in [3.8, 4) is 11.5 Å². The van der Waals surface area contributed by atoms with Crippen LogP contribution in [0.1, 0.15) is 52.5 Å². The van der Waals surface area contributed by atoms with Crippen molar-refractivity contribution in [1.29, 1.82) is 0 Å². The summed E-state index contributed by atoms with van der Waals surface area (Å²) in [5.41, 5.74) is 3.74. The standard InChI is InChI=1S/C26H29N3O4.ClH/c1-5-17(9-8-14-29-25(30)18-10-6-7-11-19(18)26(29)31)28-20-15-21(32-3)24(33-4)22-16(2)12-13-27-23(20)22;/h6-7,10-13,15,17,28H,5,8-9,14H2,1-4H3;1H. The minimum absolute atomic E-state index is 0. The maximum Gasteiger partial charge on any atom is 0.261 e. The molecule has 4 rings (SSSR count). The molecule has 0 radical (unpaired) electrons. The molecule has 7 nitrogen and oxygen atoms in total. The summed E-state index contributed by atoms with van der Waals surface area (Å²) in [4.78, 5) is 31.2. The van der Waals surface area contributed by atoms with Gasteiger partial charge in [-0.25, -0.2) is 0 Å². The second-order valence-corrected chi connectivity index (χ2v) is 8.21. The van der Waals surface area contributed by atoms with Gasteiger partial charge >= 0.3 is 0 Å². The van der Waals surface area contributed by atoms with Gasteiger partial charge in [0.2, 0.25) is 0 Å². The molecule has 1 aliphatic rings. The van der Waals surface area contributed by atoms with Crippen LogP contribution in [0, 0.1) is 6.92 Å². The smallest absolute Gasteiger partial charge is 0.261 e. The summed E-state index contributed by atoms with van der Waals surface area (Å²) in [5, 5.41) is 4.52. The van der Waals surface area contributed by atoms with Crippen LogP contribution in [0.15, 0.2) is 42.6 Å². The lowest BCUT2D eigenvalue weighted by molar-refractivity contribution is 0.0651. The third-order valence-electron chi connectivity index (χ3n) is 6.23. The van der Waals surface area contributed by atoms with Crippen LogP contribution in [0.2, 0.25) is 0 Å². The highest BCUT2D eigenvalue weighted by Crippen LogP contribution is 2.41. The van der Waals surface area contributed by atoms with Crippen molar-refractivity contribution in [2.45, 2.75) is 39.2 Å². The van der Waals surface area contributed by atoms with Crippen molar-refractivity contribution in [2.75, 3.05) is 26.1 Å². The molecule has 1 aromatic heterocycles. The van der Waals surface area contributed by atoms with Crippen LogP contribution in [0.5, 0.6) is 11.5 Å². The minimum Gasteiger partial charge on any atom is -0.493 e. The first-order chi connectivity index (χ1) is 16.0. The monoisotopic (exact) mass is 483 g/mol. The van der Waals surface area contributed by atoms with E-state index in [1.54, 1.807) is 44.7 Å². The lowest BCUT2D eigenvalue weighted by Crippen LogP contribution is -2.31. The molecule has 1 unspecified atom stereocenters. The maximum atomic E-state index is 12.6. The van der Waals surface area contributed by atoms with Crippen LogP contribution >= 0.6 is 12.4 Å². The first kappa shape index (κ1) is 25.3. The Morgan fingerprint density at radius 2 is 1.74 bits per heavy atom. The van der Waals surface area contributed by atoms with Gasteiger partial charge in [-0.2, -0.15) is 0 Å². The molecule has 2 amide bonds. The zero-order valence-electron chi connectivity index (χ0n) is 19.9. The zero-order valence-corrected chi connectivity index (χ0v) is 20.7. The number of ether oxygens (including phenoxy) is 2. The molecule has 2 aromatic carbocycles. The molecule has 3 aromatic rings. The number of benzene rings is 2. The Bertz CT molecular complexity index is 1180. The van der Waals surface area contributed by atoms with Gasteiger partial charge < -0.3 is 14.8 Å². The molecule has 0 bridgehead atoms. The zero-order chi connectivity index (χ0) is 23.5. The molecule has 0 fully saturated rings. The molecule has 1 N–H and O–H groups in total. The van der Waals surface area contributed by atoms with E-state index in [-0.39, 0.29) is 30.3 Å². The number of nitrogens with zero attached hydrogens (tertiary/aromatic N) is 2. The van der Waals surface area contributed by atoms with Crippen LogP contribution in [0.25, 0.3) is 10.9 Å². The highest BCUT2D eigenvalue weighted by Gasteiger charge is 2.34. The van der Waals surface area contributed by atoms with E-state index in [1.807, 2.05) is 19.1 Å². The number of amides is 2. The van der Waals surface area contributed by atoms with Crippen molar-refractivity contribution in [1.82, 2.24) is 9.88 Å². The molecule has 0 saturated carbocycles. The summed E-state index contributed by atoms with van der Waals surface area (Å²) >= 11 is 0. The summed E-state index contributed by atoms with van der Waals surface area (Å²) in [5.74, 6) is 0.899. The fourth-order valence-electron chi connectivity index (χ4n) is 4.44. The number of aromatic nitrogens is 1. The average Bonchev–Trinajstić information content (AvgIpc) is 3.08. The Morgan fingerprint density at radius 1 is 1.06 bits per heavy atom. The van der Waals surface area contributed by atoms with Crippen LogP contribution in [0.3, 0.4) is 0 Å². The second-order valence-electron chi connectivity index (χ2n) is 8.21. The molecule has 0 aliphatic carbocycles. The molecule has 8 heteroatoms. The van der Waals surface area contributed by atoms with E-state index >= 15 is 0 Å². The molecule has 180 valence electrons. The number of hydrogen-bond acceptors (Lipinski definition) is 6. The van der Waals surface area contributed by atoms with Crippen LogP contribution < -0.4 is 14.8 Å². The van der Waals surface area contributed by atoms with E-state index in [4.69, 9.17) is 9.47 Å². The van der Waals surface area contributed by atoms with E-state index in [2.05, 4.69) is 17.2 Å². The highest BCUT2D eigenvalue weighted by molar-refractivity contribution is 6.21. The van der Waals surface area contributed by atoms with Gasteiger partial charge in [-0.05, 0) is 49.9 Å². The Morgan fingerprint density at radius 3 is 2.32 bits per heavy atom. The van der Waals surface area contributed by atoms with Crippen molar-refractivity contribution >= 4 is 40.8 Å². The van der Waals surface area contributed by atoms with Crippen LogP contribution in [-0.2, 0) is 0 Å². The first-order valence-electron chi connectivity index (χ1n) is 11.2. The number of carbonyl (C=O) groups is 2. The number of fused-ring (bicyclic) bond motifs is 2. The Kier molecular flexibility index (Phi) is 7.99. The fourth-order valence-corrected chi connectivity index (χ4v) is 4.44. The van der Waals surface area contributed by atoms with Crippen molar-refractivity contribution in [3.63, 3.8) is 0 Å². The van der Waals surface area contributed by atoms with Crippen LogP contribution in [-0.4, -0.2) is 48.5 Å². The maximum absolute atomic E-state index is 12.6. The third kappa shape index (κ3) is 4.53. The number of halogens is 1. The van der Waals surface area contributed by atoms with Gasteiger partial charge in [-0.1, -0.05) is 19.1 Å². The normalized spacial score (nSPS) is 13.5. The Balaban J connectivity index is 0.00000324. The summed E-state index contributed by atoms with van der Waals surface area (Å²) in [6.45, 7) is 4.53. The Labute approximate surface area is 205 Å². The Hall–Kier alpha value is -3.32. The molecule has 0 spiro atoms. The summed E-state index contributed by atoms with van der Waals surface area (Å²) in [7, 11) is 3.25. The molecular weight excluding hydrogens is 454 g/mol. The molecule has 34 heavy (non-hydrogen) atoms. The summed E-state index contributed by atoms with van der Waals surface area (Å²) in [6.07, 6.45) is 4.17. The minimum atomic E-state index is -0.206. The second kappa shape index (κ2) is 10.7. The molecule has 0 saturated heterocycles. The predicted molar refractivity (Wildman–Crippen MR) is 136 cm³/mol. The molecular formula is C26H30ClN3O4. The largest absolute Gasteiger partial charge is 0.493 e. The van der Waals surface area contributed by atoms with Crippen molar-refractivity contribution in [2.24, 2.45) is 0 Å². The summed E-state index contributed by atoms with van der Waals surface area (Å²) in [6, 6.07) is 11.0. The third-order valence-corrected chi connectivity index (χ3v) is 6.23. The fraction of sp³-hybridized carbons (Fsp3) is 0.346. The molecule has 1 aliphatic heterocycles. The SMILES string of the molecule is CCC(CCCN1C(=O)c2ccccc2C1=O)Nc1cc(OC)c(OC)c2c(C)ccnc12.Cl. The van der Waals surface area contributed by atoms with E-state index in [0.717, 1.165) is 35.0 Å². The van der Waals surface area contributed by atoms with E-state index in [9.17, 15) is 9.59 Å². The van der Waals surface area contributed by atoms with E-state index in [0.29, 0.717) is 35.6 Å². The number of rotatable bonds is 9. The molecule has 2 heterocycles. The first-order valence-corrected chi connectivity index (χ1v) is 11.2.